The van der Waals surface area contributed by atoms with Crippen molar-refractivity contribution in [2.24, 2.45) is 5.92 Å². The van der Waals surface area contributed by atoms with Gasteiger partial charge in [-0.2, -0.15) is 22.0 Å². The average molecular weight is 496 g/mol. The third-order valence-electron chi connectivity index (χ3n) is 5.68. The molecule has 1 aliphatic heterocycles. The number of carbonyl (C=O) groups excluding carboxylic acids is 2. The maximum Gasteiger partial charge on any atom is 0.422 e. The van der Waals surface area contributed by atoms with E-state index in [0.717, 1.165) is 9.47 Å². The van der Waals surface area contributed by atoms with Crippen LogP contribution in [0.25, 0.3) is 22.4 Å². The monoisotopic (exact) mass is 496 g/mol. The van der Waals surface area contributed by atoms with E-state index in [1.165, 1.54) is 0 Å². The van der Waals surface area contributed by atoms with Crippen LogP contribution in [0.4, 0.5) is 32.4 Å². The van der Waals surface area contributed by atoms with Gasteiger partial charge in [0.25, 0.3) is 0 Å². The number of alkyl halides is 5. The number of hydrogen-bond donors (Lipinski definition) is 1. The number of piperidine rings is 1. The number of benzene rings is 2. The molecule has 1 aliphatic rings. The number of fused-ring (bicyclic) bond motifs is 1. The van der Waals surface area contributed by atoms with Crippen molar-refractivity contribution >= 4 is 28.7 Å². The Morgan fingerprint density at radius 1 is 1.06 bits per heavy atom. The van der Waals surface area contributed by atoms with Gasteiger partial charge in [0, 0.05) is 30.3 Å². The van der Waals surface area contributed by atoms with E-state index in [4.69, 9.17) is 0 Å². The predicted molar refractivity (Wildman–Crippen MR) is 117 cm³/mol. The first kappa shape index (κ1) is 24.4. The van der Waals surface area contributed by atoms with Crippen LogP contribution < -0.4 is 5.32 Å². The van der Waals surface area contributed by atoms with Crippen molar-refractivity contribution < 1.29 is 36.3 Å². The van der Waals surface area contributed by atoms with Crippen molar-refractivity contribution in [2.45, 2.75) is 25.6 Å². The highest BCUT2D eigenvalue weighted by molar-refractivity contribution is 5.93. The zero-order chi connectivity index (χ0) is 25.2. The molecule has 3 aromatic rings. The number of aromatic nitrogens is 2. The van der Waals surface area contributed by atoms with Crippen LogP contribution in [0.2, 0.25) is 0 Å². The summed E-state index contributed by atoms with van der Waals surface area (Å²) in [4.78, 5) is 29.8. The van der Waals surface area contributed by atoms with Gasteiger partial charge in [-0.25, -0.2) is 9.78 Å². The Bertz CT molecular complexity index is 1200. The molecule has 0 atom stereocenters. The standard InChI is InChI=1S/C23H21F5N4O3/c24-21(25)32-18-4-2-1-3-17(18)30-19(32)14-5-7-16(8-6-14)29-20(33)15-9-11-31(12-10-15)22(34)35-13-23(26,27)28/h1-8,15,21H,9-13H2,(H,29,33). The maximum atomic E-state index is 13.7. The fourth-order valence-electron chi connectivity index (χ4n) is 3.95. The SMILES string of the molecule is O=C(Nc1ccc(-c2nc3ccccc3n2C(F)F)cc1)C1CCN(C(=O)OCC(F)(F)F)CC1. The number of hydrogen-bond acceptors (Lipinski definition) is 4. The lowest BCUT2D eigenvalue weighted by Gasteiger charge is -2.30. The number of para-hydroxylation sites is 2. The van der Waals surface area contributed by atoms with E-state index in [9.17, 15) is 31.5 Å². The first-order chi connectivity index (χ1) is 16.6. The van der Waals surface area contributed by atoms with Crippen LogP contribution in [-0.4, -0.2) is 52.3 Å². The number of amides is 2. The van der Waals surface area contributed by atoms with Crippen LogP contribution in [0.3, 0.4) is 0 Å². The van der Waals surface area contributed by atoms with Gasteiger partial charge in [-0.1, -0.05) is 12.1 Å². The summed E-state index contributed by atoms with van der Waals surface area (Å²) < 4.78 is 69.0. The Morgan fingerprint density at radius 3 is 2.34 bits per heavy atom. The van der Waals surface area contributed by atoms with Crippen molar-refractivity contribution in [3.8, 4) is 11.4 Å². The summed E-state index contributed by atoms with van der Waals surface area (Å²) >= 11 is 0. The molecule has 0 saturated carbocycles. The number of carbonyl (C=O) groups is 2. The predicted octanol–water partition coefficient (Wildman–Crippen LogP) is 5.45. The molecule has 0 spiro atoms. The normalized spacial score (nSPS) is 15.0. The molecule has 1 aromatic heterocycles. The summed E-state index contributed by atoms with van der Waals surface area (Å²) in [6.45, 7) is -4.25. The Hall–Kier alpha value is -3.70. The zero-order valence-electron chi connectivity index (χ0n) is 18.3. The van der Waals surface area contributed by atoms with Crippen molar-refractivity contribution in [3.05, 3.63) is 48.5 Å². The number of nitrogens with one attached hydrogen (secondary N) is 1. The molecule has 2 amide bonds. The molecule has 2 aromatic carbocycles. The molecule has 7 nitrogen and oxygen atoms in total. The van der Waals surface area contributed by atoms with Gasteiger partial charge in [-0.3, -0.25) is 9.36 Å². The lowest BCUT2D eigenvalue weighted by molar-refractivity contribution is -0.162. The number of rotatable bonds is 5. The molecule has 12 heteroatoms. The van der Waals surface area contributed by atoms with E-state index in [1.807, 2.05) is 0 Å². The van der Waals surface area contributed by atoms with E-state index in [0.29, 0.717) is 22.3 Å². The summed E-state index contributed by atoms with van der Waals surface area (Å²) in [5.74, 6) is -0.644. The number of halogens is 5. The molecular weight excluding hydrogens is 475 g/mol. The molecule has 1 saturated heterocycles. The van der Waals surface area contributed by atoms with Crippen LogP contribution in [0.15, 0.2) is 48.5 Å². The van der Waals surface area contributed by atoms with Crippen LogP contribution in [0, 0.1) is 5.92 Å². The van der Waals surface area contributed by atoms with Crippen LogP contribution in [0.1, 0.15) is 19.4 Å². The first-order valence-corrected chi connectivity index (χ1v) is 10.8. The van der Waals surface area contributed by atoms with Gasteiger partial charge in [0.15, 0.2) is 6.61 Å². The van der Waals surface area contributed by atoms with Crippen LogP contribution in [0.5, 0.6) is 0 Å². The van der Waals surface area contributed by atoms with Gasteiger partial charge in [-0.15, -0.1) is 0 Å². The Kier molecular flexibility index (Phi) is 6.90. The smallest absolute Gasteiger partial charge is 0.422 e. The van der Waals surface area contributed by atoms with E-state index in [2.05, 4.69) is 15.0 Å². The second-order valence-corrected chi connectivity index (χ2v) is 8.07. The third-order valence-corrected chi connectivity index (χ3v) is 5.68. The number of anilines is 1. The highest BCUT2D eigenvalue weighted by atomic mass is 19.4. The first-order valence-electron chi connectivity index (χ1n) is 10.8. The van der Waals surface area contributed by atoms with E-state index >= 15 is 0 Å². The van der Waals surface area contributed by atoms with Crippen molar-refractivity contribution in [3.63, 3.8) is 0 Å². The molecule has 0 radical (unpaired) electrons. The summed E-state index contributed by atoms with van der Waals surface area (Å²) in [6, 6.07) is 12.9. The summed E-state index contributed by atoms with van der Waals surface area (Å²) in [5.41, 5.74) is 1.65. The molecule has 0 aliphatic carbocycles. The minimum absolute atomic E-state index is 0.0948. The van der Waals surface area contributed by atoms with Crippen molar-refractivity contribution in [1.29, 1.82) is 0 Å². The second-order valence-electron chi connectivity index (χ2n) is 8.07. The number of likely N-dealkylation sites (tertiary alicyclic amines) is 1. The van der Waals surface area contributed by atoms with Gasteiger partial charge in [-0.05, 0) is 49.2 Å². The summed E-state index contributed by atoms with van der Waals surface area (Å²) in [5, 5.41) is 2.75. The highest BCUT2D eigenvalue weighted by Crippen LogP contribution is 2.30. The third kappa shape index (κ3) is 5.69. The summed E-state index contributed by atoms with van der Waals surface area (Å²) in [7, 11) is 0. The Labute approximate surface area is 196 Å². The van der Waals surface area contributed by atoms with E-state index < -0.39 is 31.3 Å². The molecule has 0 bridgehead atoms. The van der Waals surface area contributed by atoms with Crippen LogP contribution >= 0.6 is 0 Å². The molecule has 186 valence electrons. The van der Waals surface area contributed by atoms with E-state index in [1.54, 1.807) is 48.5 Å². The zero-order valence-corrected chi connectivity index (χ0v) is 18.3. The van der Waals surface area contributed by atoms with Gasteiger partial charge in [0.05, 0.1) is 11.0 Å². The van der Waals surface area contributed by atoms with Gasteiger partial charge in [0.1, 0.15) is 5.82 Å². The van der Waals surface area contributed by atoms with Crippen molar-refractivity contribution in [2.75, 3.05) is 25.0 Å². The molecule has 1 fully saturated rings. The fourth-order valence-corrected chi connectivity index (χ4v) is 3.95. The Balaban J connectivity index is 1.36. The highest BCUT2D eigenvalue weighted by Gasteiger charge is 2.33. The lowest BCUT2D eigenvalue weighted by Crippen LogP contribution is -2.42. The number of imidazole rings is 1. The van der Waals surface area contributed by atoms with Crippen molar-refractivity contribution in [1.82, 2.24) is 14.5 Å². The van der Waals surface area contributed by atoms with Gasteiger partial charge in [0.2, 0.25) is 5.91 Å². The Morgan fingerprint density at radius 2 is 1.71 bits per heavy atom. The van der Waals surface area contributed by atoms with E-state index in [-0.39, 0.29) is 37.7 Å². The fraction of sp³-hybridized carbons (Fsp3) is 0.348. The van der Waals surface area contributed by atoms with Gasteiger partial charge >= 0.3 is 18.8 Å². The van der Waals surface area contributed by atoms with Crippen LogP contribution in [-0.2, 0) is 9.53 Å². The molecule has 4 rings (SSSR count). The maximum absolute atomic E-state index is 13.7. The minimum atomic E-state index is -4.60. The molecular formula is C23H21F5N4O3. The molecule has 0 unspecified atom stereocenters. The summed E-state index contributed by atoms with van der Waals surface area (Å²) in [6.07, 6.45) is -5.13. The topological polar surface area (TPSA) is 76.5 Å². The number of ether oxygens (including phenoxy) is 1. The lowest BCUT2D eigenvalue weighted by atomic mass is 9.96. The average Bonchev–Trinajstić information content (AvgIpc) is 3.22. The largest absolute Gasteiger partial charge is 0.440 e. The number of nitrogens with zero attached hydrogens (tertiary/aromatic N) is 3. The quantitative estimate of drug-likeness (QED) is 0.477. The second kappa shape index (κ2) is 9.88. The van der Waals surface area contributed by atoms with Gasteiger partial charge < -0.3 is 15.0 Å². The molecule has 35 heavy (non-hydrogen) atoms. The molecule has 2 heterocycles. The molecule has 1 N–H and O–H groups in total. The minimum Gasteiger partial charge on any atom is -0.440 e.